The summed E-state index contributed by atoms with van der Waals surface area (Å²) in [6, 6.07) is 10.0. The van der Waals surface area contributed by atoms with Gasteiger partial charge in [-0.1, -0.05) is 6.07 Å². The smallest absolute Gasteiger partial charge is 0.251 e. The minimum atomic E-state index is -3.92. The summed E-state index contributed by atoms with van der Waals surface area (Å²) in [6.07, 6.45) is 0. The number of halogens is 1. The molecular formula is C23H24FNO6S2. The van der Waals surface area contributed by atoms with Crippen LogP contribution in [0.25, 0.3) is 0 Å². The Morgan fingerprint density at radius 3 is 2.24 bits per heavy atom. The number of nitrogens with one attached hydrogen (secondary N) is 1. The molecule has 7 nitrogen and oxygen atoms in total. The van der Waals surface area contributed by atoms with Crippen molar-refractivity contribution in [2.24, 2.45) is 0 Å². The van der Waals surface area contributed by atoms with E-state index >= 15 is 0 Å². The second-order valence-electron chi connectivity index (χ2n) is 7.08. The Kier molecular flexibility index (Phi) is 7.60. The standard InChI is InChI=1S/C23H24FNO6S2/c1-14-10-16(7-8-17(14)24)33(27,28)21(20-6-5-9-32-20)13-25-23(26)15-11-18(29-2)22(31-4)19(12-15)30-3/h5-12,21H,13H2,1-4H3,(H,25,26)/t21-/m0/s1. The molecule has 0 aliphatic carbocycles. The second-order valence-corrected chi connectivity index (χ2v) is 10.2. The average Bonchev–Trinajstić information content (AvgIpc) is 3.33. The summed E-state index contributed by atoms with van der Waals surface area (Å²) < 4.78 is 56.3. The number of rotatable bonds is 9. The van der Waals surface area contributed by atoms with Gasteiger partial charge in [0.05, 0.1) is 26.2 Å². The van der Waals surface area contributed by atoms with Crippen LogP contribution in [0.5, 0.6) is 17.2 Å². The lowest BCUT2D eigenvalue weighted by Crippen LogP contribution is -2.31. The van der Waals surface area contributed by atoms with Gasteiger partial charge in [-0.25, -0.2) is 12.8 Å². The van der Waals surface area contributed by atoms with E-state index in [2.05, 4.69) is 5.32 Å². The van der Waals surface area contributed by atoms with Crippen LogP contribution in [-0.2, 0) is 9.84 Å². The molecule has 176 valence electrons. The monoisotopic (exact) mass is 493 g/mol. The molecule has 0 saturated carbocycles. The summed E-state index contributed by atoms with van der Waals surface area (Å²) in [7, 11) is 0.401. The van der Waals surface area contributed by atoms with Gasteiger partial charge in [0.2, 0.25) is 5.75 Å². The number of methoxy groups -OCH3 is 3. The fourth-order valence-corrected chi connectivity index (χ4v) is 6.16. The van der Waals surface area contributed by atoms with Crippen LogP contribution >= 0.6 is 11.3 Å². The van der Waals surface area contributed by atoms with E-state index in [1.54, 1.807) is 17.5 Å². The molecule has 1 aromatic heterocycles. The molecule has 0 bridgehead atoms. The van der Waals surface area contributed by atoms with Crippen LogP contribution in [0.2, 0.25) is 0 Å². The number of sulfone groups is 1. The number of carbonyl (C=O) groups is 1. The lowest BCUT2D eigenvalue weighted by Gasteiger charge is -2.19. The molecule has 3 aromatic rings. The third-order valence-corrected chi connectivity index (χ3v) is 8.28. The Morgan fingerprint density at radius 2 is 1.73 bits per heavy atom. The maximum Gasteiger partial charge on any atom is 0.251 e. The fraction of sp³-hybridized carbons (Fsp3) is 0.261. The molecule has 0 saturated heterocycles. The zero-order valence-corrected chi connectivity index (χ0v) is 20.2. The first kappa shape index (κ1) is 24.5. The maximum absolute atomic E-state index is 13.7. The number of aryl methyl sites for hydroxylation is 1. The Morgan fingerprint density at radius 1 is 1.06 bits per heavy atom. The number of ether oxygens (including phenoxy) is 3. The van der Waals surface area contributed by atoms with Crippen molar-refractivity contribution in [3.63, 3.8) is 0 Å². The number of hydrogen-bond acceptors (Lipinski definition) is 7. The molecule has 0 aliphatic heterocycles. The van der Waals surface area contributed by atoms with Gasteiger partial charge >= 0.3 is 0 Å². The molecule has 0 radical (unpaired) electrons. The van der Waals surface area contributed by atoms with Crippen molar-refractivity contribution in [1.29, 1.82) is 0 Å². The van der Waals surface area contributed by atoms with E-state index in [9.17, 15) is 17.6 Å². The molecule has 2 aromatic carbocycles. The summed E-state index contributed by atoms with van der Waals surface area (Å²) >= 11 is 1.26. The van der Waals surface area contributed by atoms with Crippen LogP contribution in [0.3, 0.4) is 0 Å². The Balaban J connectivity index is 1.91. The van der Waals surface area contributed by atoms with E-state index in [0.717, 1.165) is 6.07 Å². The zero-order chi connectivity index (χ0) is 24.2. The van der Waals surface area contributed by atoms with Crippen LogP contribution in [-0.4, -0.2) is 42.2 Å². The van der Waals surface area contributed by atoms with Crippen LogP contribution in [0.4, 0.5) is 4.39 Å². The van der Waals surface area contributed by atoms with Crippen molar-refractivity contribution in [1.82, 2.24) is 5.32 Å². The normalized spacial score (nSPS) is 12.2. The highest BCUT2D eigenvalue weighted by Gasteiger charge is 2.31. The van der Waals surface area contributed by atoms with Gasteiger partial charge in [0.25, 0.3) is 5.91 Å². The minimum Gasteiger partial charge on any atom is -0.493 e. The quantitative estimate of drug-likeness (QED) is 0.450. The van der Waals surface area contributed by atoms with Gasteiger partial charge in [-0.05, 0) is 54.3 Å². The summed E-state index contributed by atoms with van der Waals surface area (Å²) in [6.45, 7) is 1.31. The molecule has 0 spiro atoms. The molecule has 10 heteroatoms. The highest BCUT2D eigenvalue weighted by molar-refractivity contribution is 7.91. The third-order valence-electron chi connectivity index (χ3n) is 5.07. The van der Waals surface area contributed by atoms with Gasteiger partial charge < -0.3 is 19.5 Å². The SMILES string of the molecule is COc1cc(C(=O)NC[C@@H](c2cccs2)S(=O)(=O)c2ccc(F)c(C)c2)cc(OC)c1OC. The predicted octanol–water partition coefficient (Wildman–Crippen LogP) is 4.17. The molecular weight excluding hydrogens is 469 g/mol. The first-order valence-electron chi connectivity index (χ1n) is 9.84. The van der Waals surface area contributed by atoms with Crippen molar-refractivity contribution >= 4 is 27.1 Å². The van der Waals surface area contributed by atoms with Crippen molar-refractivity contribution in [2.75, 3.05) is 27.9 Å². The number of thiophene rings is 1. The molecule has 0 unspecified atom stereocenters. The van der Waals surface area contributed by atoms with Gasteiger partial charge in [-0.3, -0.25) is 4.79 Å². The molecule has 1 amide bonds. The van der Waals surface area contributed by atoms with Crippen LogP contribution in [0, 0.1) is 12.7 Å². The Labute approximate surface area is 196 Å². The van der Waals surface area contributed by atoms with Crippen LogP contribution < -0.4 is 19.5 Å². The van der Waals surface area contributed by atoms with E-state index < -0.39 is 26.8 Å². The Bertz CT molecular complexity index is 1220. The summed E-state index contributed by atoms with van der Waals surface area (Å²) in [5.41, 5.74) is 0.437. The first-order chi connectivity index (χ1) is 15.7. The molecule has 1 heterocycles. The van der Waals surface area contributed by atoms with Crippen molar-refractivity contribution < 1.29 is 31.8 Å². The highest BCUT2D eigenvalue weighted by atomic mass is 32.2. The lowest BCUT2D eigenvalue weighted by molar-refractivity contribution is 0.0953. The summed E-state index contributed by atoms with van der Waals surface area (Å²) in [4.78, 5) is 13.5. The van der Waals surface area contributed by atoms with Gasteiger partial charge in [0, 0.05) is 17.0 Å². The maximum atomic E-state index is 13.7. The number of hydrogen-bond donors (Lipinski definition) is 1. The zero-order valence-electron chi connectivity index (χ0n) is 18.5. The number of carbonyl (C=O) groups excluding carboxylic acids is 1. The third kappa shape index (κ3) is 5.12. The van der Waals surface area contributed by atoms with E-state index in [1.807, 2.05) is 0 Å². The van der Waals surface area contributed by atoms with Gasteiger partial charge in [-0.2, -0.15) is 0 Å². The topological polar surface area (TPSA) is 90.9 Å². The highest BCUT2D eigenvalue weighted by Crippen LogP contribution is 2.38. The summed E-state index contributed by atoms with van der Waals surface area (Å²) in [5, 5.41) is 3.40. The van der Waals surface area contributed by atoms with Crippen molar-refractivity contribution in [3.8, 4) is 17.2 Å². The minimum absolute atomic E-state index is 0.0122. The van der Waals surface area contributed by atoms with Crippen LogP contribution in [0.1, 0.15) is 26.0 Å². The average molecular weight is 494 g/mol. The summed E-state index contributed by atoms with van der Waals surface area (Å²) in [5.74, 6) is -0.0710. The molecule has 1 atom stereocenters. The van der Waals surface area contributed by atoms with E-state index in [-0.39, 0.29) is 22.6 Å². The van der Waals surface area contributed by atoms with E-state index in [4.69, 9.17) is 14.2 Å². The number of benzene rings is 2. The largest absolute Gasteiger partial charge is 0.493 e. The molecule has 0 aliphatic rings. The van der Waals surface area contributed by atoms with E-state index in [0.29, 0.717) is 22.1 Å². The van der Waals surface area contributed by atoms with E-state index in [1.165, 1.54) is 63.9 Å². The predicted molar refractivity (Wildman–Crippen MR) is 124 cm³/mol. The molecule has 3 rings (SSSR count). The molecule has 33 heavy (non-hydrogen) atoms. The van der Waals surface area contributed by atoms with Gasteiger partial charge in [0.1, 0.15) is 11.1 Å². The van der Waals surface area contributed by atoms with Crippen LogP contribution in [0.15, 0.2) is 52.7 Å². The molecule has 1 N–H and O–H groups in total. The van der Waals surface area contributed by atoms with Crippen molar-refractivity contribution in [3.05, 3.63) is 69.7 Å². The molecule has 0 fully saturated rings. The van der Waals surface area contributed by atoms with Crippen molar-refractivity contribution in [2.45, 2.75) is 17.1 Å². The van der Waals surface area contributed by atoms with Gasteiger partial charge in [0.15, 0.2) is 21.3 Å². The van der Waals surface area contributed by atoms with Gasteiger partial charge in [-0.15, -0.1) is 11.3 Å². The fourth-order valence-electron chi connectivity index (χ4n) is 3.30. The lowest BCUT2D eigenvalue weighted by atomic mass is 10.1. The Hall–Kier alpha value is -3.11. The first-order valence-corrected chi connectivity index (χ1v) is 12.3. The second kappa shape index (κ2) is 10.2. The number of amides is 1.